The first-order chi connectivity index (χ1) is 16.4. The van der Waals surface area contributed by atoms with Gasteiger partial charge in [-0.2, -0.15) is 0 Å². The van der Waals surface area contributed by atoms with E-state index in [0.717, 1.165) is 0 Å². The second-order valence-electron chi connectivity index (χ2n) is 9.96. The third-order valence-electron chi connectivity index (χ3n) is 6.29. The maximum atomic E-state index is 13.8. The van der Waals surface area contributed by atoms with E-state index in [0.29, 0.717) is 31.6 Å². The third kappa shape index (κ3) is 6.08. The Morgan fingerprint density at radius 3 is 2.51 bits per heavy atom. The molecule has 1 aromatic rings. The second kappa shape index (κ2) is 10.6. The fraction of sp³-hybridized carbons (Fsp3) is 0.625. The topological polar surface area (TPSA) is 138 Å². The Kier molecular flexibility index (Phi) is 7.99. The van der Waals surface area contributed by atoms with Gasteiger partial charge in [0.25, 0.3) is 5.91 Å². The summed E-state index contributed by atoms with van der Waals surface area (Å²) in [5.74, 6) is -2.21. The third-order valence-corrected chi connectivity index (χ3v) is 6.29. The van der Waals surface area contributed by atoms with Gasteiger partial charge in [-0.25, -0.2) is 14.6 Å². The molecule has 3 amide bonds. The van der Waals surface area contributed by atoms with E-state index >= 15 is 0 Å². The van der Waals surface area contributed by atoms with Crippen LogP contribution in [0.1, 0.15) is 46.1 Å². The molecule has 3 heterocycles. The normalized spacial score (nSPS) is 19.9. The first-order valence-corrected chi connectivity index (χ1v) is 11.7. The zero-order valence-corrected chi connectivity index (χ0v) is 20.8. The SMILES string of the molecule is CC(C(=O)NC(C(=O)N1c2ncccc2CC1C(=O)O)C1CCOCC1)N(C)C(=O)OC(C)(C)C. The van der Waals surface area contributed by atoms with Crippen molar-refractivity contribution in [1.29, 1.82) is 0 Å². The van der Waals surface area contributed by atoms with Crippen LogP contribution in [0.3, 0.4) is 0 Å². The average Bonchev–Trinajstić information content (AvgIpc) is 3.20. The number of rotatable bonds is 6. The van der Waals surface area contributed by atoms with Crippen molar-refractivity contribution in [3.63, 3.8) is 0 Å². The first-order valence-electron chi connectivity index (χ1n) is 11.7. The van der Waals surface area contributed by atoms with Gasteiger partial charge in [-0.15, -0.1) is 0 Å². The molecule has 1 saturated heterocycles. The van der Waals surface area contributed by atoms with Crippen molar-refractivity contribution in [2.24, 2.45) is 5.92 Å². The van der Waals surface area contributed by atoms with Gasteiger partial charge < -0.3 is 19.9 Å². The lowest BCUT2D eigenvalue weighted by Crippen LogP contribution is -2.59. The lowest BCUT2D eigenvalue weighted by atomic mass is 9.90. The molecule has 1 aromatic heterocycles. The molecule has 192 valence electrons. The molecule has 2 aliphatic rings. The fourth-order valence-corrected chi connectivity index (χ4v) is 4.23. The minimum Gasteiger partial charge on any atom is -0.480 e. The number of likely N-dealkylation sites (N-methyl/N-ethyl adjacent to an activating group) is 1. The number of amides is 3. The summed E-state index contributed by atoms with van der Waals surface area (Å²) in [6, 6.07) is 0.381. The van der Waals surface area contributed by atoms with Crippen molar-refractivity contribution < 1.29 is 33.8 Å². The number of carbonyl (C=O) groups is 4. The molecule has 0 aliphatic carbocycles. The number of pyridine rings is 1. The van der Waals surface area contributed by atoms with Crippen LogP contribution in [0.2, 0.25) is 0 Å². The van der Waals surface area contributed by atoms with Crippen LogP contribution >= 0.6 is 0 Å². The van der Waals surface area contributed by atoms with Crippen molar-refractivity contribution >= 4 is 29.7 Å². The standard InChI is InChI=1S/C24H34N4O7/c1-14(27(5)23(33)35-24(2,3)4)20(29)26-18(15-8-11-34-12-9-15)21(30)28-17(22(31)32)13-16-7-6-10-25-19(16)28/h6-7,10,14-15,17-18H,8-9,11-13H2,1-5H3,(H,26,29)(H,31,32). The zero-order valence-electron chi connectivity index (χ0n) is 20.8. The van der Waals surface area contributed by atoms with Crippen LogP contribution < -0.4 is 10.2 Å². The number of carboxylic acid groups (broad SMARTS) is 1. The molecule has 0 bridgehead atoms. The molecular weight excluding hydrogens is 456 g/mol. The summed E-state index contributed by atoms with van der Waals surface area (Å²) in [6.45, 7) is 7.57. The van der Waals surface area contributed by atoms with E-state index in [2.05, 4.69) is 10.3 Å². The molecular formula is C24H34N4O7. The number of fused-ring (bicyclic) bond motifs is 1. The van der Waals surface area contributed by atoms with Crippen LogP contribution in [-0.4, -0.2) is 82.9 Å². The van der Waals surface area contributed by atoms with E-state index in [1.165, 1.54) is 30.0 Å². The summed E-state index contributed by atoms with van der Waals surface area (Å²) in [6.07, 6.45) is 2.01. The molecule has 3 atom stereocenters. The summed E-state index contributed by atoms with van der Waals surface area (Å²) in [5.41, 5.74) is -0.0762. The Morgan fingerprint density at radius 2 is 1.91 bits per heavy atom. The maximum Gasteiger partial charge on any atom is 0.410 e. The molecule has 2 N–H and O–H groups in total. The van der Waals surface area contributed by atoms with Crippen LogP contribution in [0.15, 0.2) is 18.3 Å². The predicted octanol–water partition coefficient (Wildman–Crippen LogP) is 1.59. The second-order valence-corrected chi connectivity index (χ2v) is 9.96. The van der Waals surface area contributed by atoms with E-state index in [4.69, 9.17) is 9.47 Å². The van der Waals surface area contributed by atoms with Crippen LogP contribution in [0.5, 0.6) is 0 Å². The molecule has 3 unspecified atom stereocenters. The van der Waals surface area contributed by atoms with Crippen molar-refractivity contribution in [2.45, 2.75) is 70.7 Å². The van der Waals surface area contributed by atoms with E-state index < -0.39 is 47.6 Å². The van der Waals surface area contributed by atoms with Gasteiger partial charge in [0, 0.05) is 32.9 Å². The number of hydrogen-bond donors (Lipinski definition) is 2. The molecule has 2 aliphatic heterocycles. The maximum absolute atomic E-state index is 13.8. The number of aliphatic carboxylic acids is 1. The fourth-order valence-electron chi connectivity index (χ4n) is 4.23. The predicted molar refractivity (Wildman–Crippen MR) is 126 cm³/mol. The minimum atomic E-state index is -1.15. The smallest absolute Gasteiger partial charge is 0.410 e. The van der Waals surface area contributed by atoms with Crippen LogP contribution in [0, 0.1) is 5.92 Å². The van der Waals surface area contributed by atoms with E-state index in [-0.39, 0.29) is 18.2 Å². The minimum absolute atomic E-state index is 0.135. The van der Waals surface area contributed by atoms with E-state index in [1.54, 1.807) is 32.9 Å². The van der Waals surface area contributed by atoms with E-state index in [9.17, 15) is 24.3 Å². The Hall–Kier alpha value is -3.21. The highest BCUT2D eigenvalue weighted by Crippen LogP contribution is 2.32. The summed E-state index contributed by atoms with van der Waals surface area (Å²) in [7, 11) is 1.45. The Balaban J connectivity index is 1.85. The van der Waals surface area contributed by atoms with Gasteiger partial charge in [-0.3, -0.25) is 19.4 Å². The lowest BCUT2D eigenvalue weighted by molar-refractivity contribution is -0.140. The molecule has 3 rings (SSSR count). The zero-order chi connectivity index (χ0) is 25.9. The summed E-state index contributed by atoms with van der Waals surface area (Å²) >= 11 is 0. The van der Waals surface area contributed by atoms with Crippen LogP contribution in [-0.2, 0) is 30.3 Å². The monoisotopic (exact) mass is 490 g/mol. The van der Waals surface area contributed by atoms with Crippen LogP contribution in [0.25, 0.3) is 0 Å². The molecule has 0 saturated carbocycles. The van der Waals surface area contributed by atoms with Gasteiger partial charge in [-0.1, -0.05) is 6.07 Å². The highest BCUT2D eigenvalue weighted by Gasteiger charge is 2.45. The summed E-state index contributed by atoms with van der Waals surface area (Å²) in [4.78, 5) is 58.1. The molecule has 0 spiro atoms. The lowest BCUT2D eigenvalue weighted by Gasteiger charge is -2.35. The molecule has 0 aromatic carbocycles. The summed E-state index contributed by atoms with van der Waals surface area (Å²) < 4.78 is 10.8. The molecule has 11 heteroatoms. The highest BCUT2D eigenvalue weighted by molar-refractivity contribution is 6.05. The Labute approximate surface area is 204 Å². The van der Waals surface area contributed by atoms with Crippen LogP contribution in [0.4, 0.5) is 10.6 Å². The number of ether oxygens (including phenoxy) is 2. The van der Waals surface area contributed by atoms with Gasteiger partial charge >= 0.3 is 12.1 Å². The van der Waals surface area contributed by atoms with Crippen molar-refractivity contribution in [3.8, 4) is 0 Å². The average molecular weight is 491 g/mol. The quantitative estimate of drug-likeness (QED) is 0.613. The summed E-state index contributed by atoms with van der Waals surface area (Å²) in [5, 5.41) is 12.6. The number of anilines is 1. The van der Waals surface area contributed by atoms with Gasteiger partial charge in [-0.05, 0) is 58.1 Å². The Morgan fingerprint density at radius 1 is 1.26 bits per heavy atom. The molecule has 11 nitrogen and oxygen atoms in total. The van der Waals surface area contributed by atoms with Crippen molar-refractivity contribution in [2.75, 3.05) is 25.2 Å². The number of nitrogens with zero attached hydrogens (tertiary/aromatic N) is 3. The number of carboxylic acids is 1. The van der Waals surface area contributed by atoms with Gasteiger partial charge in [0.2, 0.25) is 5.91 Å². The molecule has 1 fully saturated rings. The Bertz CT molecular complexity index is 971. The van der Waals surface area contributed by atoms with Gasteiger partial charge in [0.15, 0.2) is 0 Å². The highest BCUT2D eigenvalue weighted by atomic mass is 16.6. The van der Waals surface area contributed by atoms with Crippen molar-refractivity contribution in [3.05, 3.63) is 23.9 Å². The number of carbonyl (C=O) groups excluding carboxylic acids is 3. The van der Waals surface area contributed by atoms with Gasteiger partial charge in [0.05, 0.1) is 0 Å². The number of hydrogen-bond acceptors (Lipinski definition) is 7. The number of aromatic nitrogens is 1. The largest absolute Gasteiger partial charge is 0.480 e. The molecule has 0 radical (unpaired) electrons. The van der Waals surface area contributed by atoms with Crippen molar-refractivity contribution in [1.82, 2.24) is 15.2 Å². The number of nitrogens with one attached hydrogen (secondary N) is 1. The first kappa shape index (κ1) is 26.4. The molecule has 35 heavy (non-hydrogen) atoms. The van der Waals surface area contributed by atoms with E-state index in [1.807, 2.05) is 0 Å². The van der Waals surface area contributed by atoms with Gasteiger partial charge in [0.1, 0.15) is 29.5 Å².